The minimum absolute atomic E-state index is 0.278. The van der Waals surface area contributed by atoms with E-state index in [-0.39, 0.29) is 17.7 Å². The van der Waals surface area contributed by atoms with Gasteiger partial charge in [-0.3, -0.25) is 18.9 Å². The zero-order valence-corrected chi connectivity index (χ0v) is 18.9. The molecule has 32 heavy (non-hydrogen) atoms. The van der Waals surface area contributed by atoms with E-state index in [1.165, 1.54) is 4.57 Å². The van der Waals surface area contributed by atoms with E-state index in [0.717, 1.165) is 18.4 Å². The third-order valence-corrected chi connectivity index (χ3v) is 5.71. The van der Waals surface area contributed by atoms with Crippen LogP contribution in [0.3, 0.4) is 0 Å². The van der Waals surface area contributed by atoms with Crippen LogP contribution in [0.4, 0.5) is 5.82 Å². The summed E-state index contributed by atoms with van der Waals surface area (Å²) in [4.78, 5) is 38.8. The summed E-state index contributed by atoms with van der Waals surface area (Å²) >= 11 is 6.07. The maximum Gasteiger partial charge on any atom is 0.332 e. The fourth-order valence-corrected chi connectivity index (χ4v) is 3.97. The van der Waals surface area contributed by atoms with E-state index in [0.29, 0.717) is 66.3 Å². The van der Waals surface area contributed by atoms with Crippen LogP contribution in [0.1, 0.15) is 49.6 Å². The lowest BCUT2D eigenvalue weighted by molar-refractivity contribution is 0.419. The molecule has 4 rings (SSSR count). The van der Waals surface area contributed by atoms with Gasteiger partial charge in [-0.05, 0) is 37.8 Å². The molecule has 9 nitrogen and oxygen atoms in total. The molecule has 3 aromatic rings. The van der Waals surface area contributed by atoms with Crippen molar-refractivity contribution in [3.05, 3.63) is 56.1 Å². The third-order valence-electron chi connectivity index (χ3n) is 5.49. The lowest BCUT2D eigenvalue weighted by Gasteiger charge is -2.13. The first-order chi connectivity index (χ1) is 15.5. The summed E-state index contributed by atoms with van der Waals surface area (Å²) in [6, 6.07) is 3.79. The summed E-state index contributed by atoms with van der Waals surface area (Å²) in [6.45, 7) is 4.82. The van der Waals surface area contributed by atoms with Crippen molar-refractivity contribution < 1.29 is 4.52 Å². The van der Waals surface area contributed by atoms with E-state index in [1.54, 1.807) is 10.8 Å². The van der Waals surface area contributed by atoms with Crippen molar-refractivity contribution in [3.8, 4) is 11.6 Å². The van der Waals surface area contributed by atoms with Crippen molar-refractivity contribution in [2.75, 3.05) is 0 Å². The number of hydrogen-bond acceptors (Lipinski definition) is 7. The molecule has 4 heterocycles. The molecule has 0 unspecified atom stereocenters. The van der Waals surface area contributed by atoms with E-state index in [2.05, 4.69) is 27.0 Å². The van der Waals surface area contributed by atoms with E-state index < -0.39 is 0 Å². The highest BCUT2D eigenvalue weighted by Crippen LogP contribution is 2.24. The molecule has 10 heteroatoms. The molecule has 0 fully saturated rings. The van der Waals surface area contributed by atoms with E-state index >= 15 is 0 Å². The first kappa shape index (κ1) is 22.1. The zero-order chi connectivity index (χ0) is 22.7. The van der Waals surface area contributed by atoms with E-state index in [9.17, 15) is 9.59 Å². The van der Waals surface area contributed by atoms with Crippen molar-refractivity contribution in [2.45, 2.75) is 65.5 Å². The smallest absolute Gasteiger partial charge is 0.332 e. The first-order valence-corrected chi connectivity index (χ1v) is 11.2. The topological polar surface area (TPSA) is 108 Å². The molecule has 1 aliphatic heterocycles. The number of hydrogen-bond donors (Lipinski definition) is 0. The van der Waals surface area contributed by atoms with E-state index in [4.69, 9.17) is 16.1 Å². The molecule has 0 saturated carbocycles. The molecular formula is C22H25ClN6O3. The molecule has 0 atom stereocenters. The molecule has 0 N–H and O–H groups in total. The second-order valence-corrected chi connectivity index (χ2v) is 8.29. The van der Waals surface area contributed by atoms with Gasteiger partial charge in [0.2, 0.25) is 0 Å². The Hall–Kier alpha value is -3.07. The van der Waals surface area contributed by atoms with Gasteiger partial charge in [-0.25, -0.2) is 9.79 Å². The minimum atomic E-state index is -0.329. The first-order valence-electron chi connectivity index (χ1n) is 10.8. The van der Waals surface area contributed by atoms with Crippen LogP contribution in [-0.4, -0.2) is 29.4 Å². The van der Waals surface area contributed by atoms with Crippen molar-refractivity contribution >= 4 is 22.6 Å². The monoisotopic (exact) mass is 456 g/mol. The Balaban J connectivity index is 1.44. The Labute approximate surface area is 189 Å². The Morgan fingerprint density at radius 1 is 1.16 bits per heavy atom. The van der Waals surface area contributed by atoms with Gasteiger partial charge in [-0.2, -0.15) is 4.98 Å². The Kier molecular flexibility index (Phi) is 6.64. The van der Waals surface area contributed by atoms with Gasteiger partial charge < -0.3 is 4.52 Å². The lowest BCUT2D eigenvalue weighted by atomic mass is 10.2. The number of fused-ring (bicyclic) bond motifs is 1. The van der Waals surface area contributed by atoms with Crippen molar-refractivity contribution in [1.29, 1.82) is 0 Å². The average Bonchev–Trinajstić information content (AvgIpc) is 3.40. The van der Waals surface area contributed by atoms with E-state index in [1.807, 2.05) is 19.1 Å². The molecule has 0 radical (unpaired) electrons. The summed E-state index contributed by atoms with van der Waals surface area (Å²) in [5.41, 5.74) is 1.50. The molecule has 0 bridgehead atoms. The SMILES string of the molecule is CCCCn1c2c(c(=O)n(CCCCc3noc(-c4ncccc4C)n3)c1=O)CC(Cl)=N2. The Morgan fingerprint density at radius 2 is 1.97 bits per heavy atom. The molecular weight excluding hydrogens is 432 g/mol. The predicted octanol–water partition coefficient (Wildman–Crippen LogP) is 3.41. The second-order valence-electron chi connectivity index (χ2n) is 7.85. The molecule has 1 aliphatic rings. The largest absolute Gasteiger partial charge is 0.332 e. The van der Waals surface area contributed by atoms with Crippen LogP contribution in [-0.2, 0) is 25.9 Å². The van der Waals surface area contributed by atoms with Crippen LogP contribution in [0.25, 0.3) is 11.6 Å². The summed E-state index contributed by atoms with van der Waals surface area (Å²) < 4.78 is 8.22. The second kappa shape index (κ2) is 9.60. The van der Waals surface area contributed by atoms with Gasteiger partial charge in [-0.15, -0.1) is 0 Å². The van der Waals surface area contributed by atoms with Crippen molar-refractivity contribution in [1.82, 2.24) is 24.3 Å². The van der Waals surface area contributed by atoms with Gasteiger partial charge >= 0.3 is 5.69 Å². The van der Waals surface area contributed by atoms with Crippen molar-refractivity contribution in [3.63, 3.8) is 0 Å². The number of unbranched alkanes of at least 4 members (excludes halogenated alkanes) is 2. The Bertz CT molecular complexity index is 1270. The standard InChI is InChI=1S/C22H25ClN6O3/c1-3-4-11-28-19-15(13-16(23)25-19)21(30)29(22(28)31)12-6-5-9-17-26-20(32-27-17)18-14(2)8-7-10-24-18/h7-8,10H,3-6,9,11-13H2,1-2H3. The number of aryl methyl sites for hydroxylation is 2. The van der Waals surface area contributed by atoms with Gasteiger partial charge in [-0.1, -0.05) is 36.2 Å². The molecule has 0 amide bonds. The zero-order valence-electron chi connectivity index (χ0n) is 18.2. The lowest BCUT2D eigenvalue weighted by Crippen LogP contribution is -2.41. The highest BCUT2D eigenvalue weighted by atomic mass is 35.5. The molecule has 3 aromatic heterocycles. The number of aliphatic imine (C=N–C) groups is 1. The fraction of sp³-hybridized carbons (Fsp3) is 0.455. The molecule has 0 aliphatic carbocycles. The summed E-state index contributed by atoms with van der Waals surface area (Å²) in [5.74, 6) is 1.38. The van der Waals surface area contributed by atoms with Crippen LogP contribution in [0.15, 0.2) is 37.4 Å². The molecule has 168 valence electrons. The van der Waals surface area contributed by atoms with Gasteiger partial charge in [0.1, 0.15) is 16.7 Å². The highest BCUT2D eigenvalue weighted by Gasteiger charge is 2.24. The predicted molar refractivity (Wildman–Crippen MR) is 122 cm³/mol. The third kappa shape index (κ3) is 4.43. The molecule has 0 aromatic carbocycles. The number of pyridine rings is 1. The summed E-state index contributed by atoms with van der Waals surface area (Å²) in [6.07, 6.45) is 5.63. The van der Waals surface area contributed by atoms with Gasteiger partial charge in [0.25, 0.3) is 11.4 Å². The normalized spacial score (nSPS) is 12.8. The van der Waals surface area contributed by atoms with Crippen LogP contribution >= 0.6 is 11.6 Å². The van der Waals surface area contributed by atoms with Crippen LogP contribution in [0.2, 0.25) is 0 Å². The van der Waals surface area contributed by atoms with Crippen molar-refractivity contribution in [2.24, 2.45) is 4.99 Å². The van der Waals surface area contributed by atoms with Gasteiger partial charge in [0.15, 0.2) is 5.82 Å². The summed E-state index contributed by atoms with van der Waals surface area (Å²) in [5, 5.41) is 4.37. The minimum Gasteiger partial charge on any atom is -0.332 e. The number of rotatable bonds is 9. The maximum absolute atomic E-state index is 13.0. The van der Waals surface area contributed by atoms with Crippen LogP contribution in [0, 0.1) is 6.92 Å². The number of aromatic nitrogens is 5. The Morgan fingerprint density at radius 3 is 2.75 bits per heavy atom. The number of nitrogens with zero attached hydrogens (tertiary/aromatic N) is 6. The quantitative estimate of drug-likeness (QED) is 0.456. The highest BCUT2D eigenvalue weighted by molar-refractivity contribution is 6.66. The molecule has 0 saturated heterocycles. The summed E-state index contributed by atoms with van der Waals surface area (Å²) in [7, 11) is 0. The van der Waals surface area contributed by atoms with Gasteiger partial charge in [0, 0.05) is 32.1 Å². The fourth-order valence-electron chi connectivity index (χ4n) is 3.76. The van der Waals surface area contributed by atoms with Crippen LogP contribution in [0.5, 0.6) is 0 Å². The maximum atomic E-state index is 13.0. The molecule has 0 spiro atoms. The van der Waals surface area contributed by atoms with Gasteiger partial charge in [0.05, 0.1) is 5.56 Å². The average molecular weight is 457 g/mol. The van der Waals surface area contributed by atoms with Crippen LogP contribution < -0.4 is 11.2 Å². The number of halogens is 1.